The first-order chi connectivity index (χ1) is 9.09. The summed E-state index contributed by atoms with van der Waals surface area (Å²) in [4.78, 5) is 15.9. The molecule has 0 bridgehead atoms. The molecule has 1 aromatic rings. The number of hydrogen-bond donors (Lipinski definition) is 2. The van der Waals surface area contributed by atoms with Gasteiger partial charge in [-0.2, -0.15) is 0 Å². The molecule has 1 aromatic heterocycles. The van der Waals surface area contributed by atoms with Gasteiger partial charge >= 0.3 is 0 Å². The number of nitrogens with one attached hydrogen (secondary N) is 1. The molecule has 19 heavy (non-hydrogen) atoms. The summed E-state index contributed by atoms with van der Waals surface area (Å²) in [5, 5.41) is 13.3. The zero-order valence-corrected chi connectivity index (χ0v) is 12.4. The standard InChI is InChI=1S/C14H19BrN2O2/c15-12-7-11(8-16-9-12)13(18)17-10-14(19)5-3-1-2-4-6-14/h7-9,19H,1-6,10H2,(H,17,18). The molecule has 0 aliphatic heterocycles. The van der Waals surface area contributed by atoms with Crippen molar-refractivity contribution in [3.8, 4) is 0 Å². The van der Waals surface area contributed by atoms with Crippen molar-refractivity contribution in [2.75, 3.05) is 6.54 Å². The predicted molar refractivity (Wildman–Crippen MR) is 76.9 cm³/mol. The number of amides is 1. The number of carbonyl (C=O) groups is 1. The fourth-order valence-electron chi connectivity index (χ4n) is 2.45. The summed E-state index contributed by atoms with van der Waals surface area (Å²) in [6.45, 7) is 0.318. The first kappa shape index (κ1) is 14.5. The maximum absolute atomic E-state index is 12.0. The van der Waals surface area contributed by atoms with E-state index in [-0.39, 0.29) is 5.91 Å². The molecule has 0 unspecified atom stereocenters. The highest BCUT2D eigenvalue weighted by Crippen LogP contribution is 2.26. The quantitative estimate of drug-likeness (QED) is 0.839. The van der Waals surface area contributed by atoms with Gasteiger partial charge in [-0.1, -0.05) is 25.7 Å². The molecule has 1 heterocycles. The Morgan fingerprint density at radius 2 is 2.00 bits per heavy atom. The Balaban J connectivity index is 1.92. The summed E-state index contributed by atoms with van der Waals surface area (Å²) in [5.41, 5.74) is -0.238. The Bertz CT molecular complexity index is 443. The molecule has 0 saturated heterocycles. The first-order valence-corrected chi connectivity index (χ1v) is 7.50. The molecule has 4 nitrogen and oxygen atoms in total. The highest BCUT2D eigenvalue weighted by molar-refractivity contribution is 9.10. The number of nitrogens with zero attached hydrogens (tertiary/aromatic N) is 1. The van der Waals surface area contributed by atoms with E-state index in [9.17, 15) is 9.90 Å². The van der Waals surface area contributed by atoms with Gasteiger partial charge < -0.3 is 10.4 Å². The van der Waals surface area contributed by atoms with Crippen LogP contribution in [0.1, 0.15) is 48.9 Å². The second kappa shape index (κ2) is 6.48. The summed E-state index contributed by atoms with van der Waals surface area (Å²) in [7, 11) is 0. The number of aliphatic hydroxyl groups is 1. The van der Waals surface area contributed by atoms with E-state index in [1.165, 1.54) is 19.0 Å². The van der Waals surface area contributed by atoms with Crippen molar-refractivity contribution in [3.63, 3.8) is 0 Å². The lowest BCUT2D eigenvalue weighted by atomic mass is 9.94. The van der Waals surface area contributed by atoms with Crippen LogP contribution in [0, 0.1) is 0 Å². The Morgan fingerprint density at radius 3 is 2.63 bits per heavy atom. The van der Waals surface area contributed by atoms with Gasteiger partial charge in [-0.15, -0.1) is 0 Å². The second-order valence-electron chi connectivity index (χ2n) is 5.21. The van der Waals surface area contributed by atoms with E-state index < -0.39 is 5.60 Å². The molecule has 1 aliphatic carbocycles. The van der Waals surface area contributed by atoms with Crippen molar-refractivity contribution in [2.24, 2.45) is 0 Å². The number of halogens is 1. The van der Waals surface area contributed by atoms with Crippen molar-refractivity contribution >= 4 is 21.8 Å². The molecule has 2 rings (SSSR count). The van der Waals surface area contributed by atoms with Gasteiger partial charge in [0, 0.05) is 23.4 Å². The van der Waals surface area contributed by atoms with Gasteiger partial charge in [0.1, 0.15) is 0 Å². The summed E-state index contributed by atoms with van der Waals surface area (Å²) < 4.78 is 0.772. The fraction of sp³-hybridized carbons (Fsp3) is 0.571. The largest absolute Gasteiger partial charge is 0.388 e. The lowest BCUT2D eigenvalue weighted by Crippen LogP contribution is -2.42. The van der Waals surface area contributed by atoms with E-state index in [0.717, 1.165) is 30.2 Å². The fourth-order valence-corrected chi connectivity index (χ4v) is 2.81. The van der Waals surface area contributed by atoms with Crippen molar-refractivity contribution < 1.29 is 9.90 Å². The number of carbonyl (C=O) groups excluding carboxylic acids is 1. The van der Waals surface area contributed by atoms with Crippen molar-refractivity contribution in [1.29, 1.82) is 0 Å². The average molecular weight is 327 g/mol. The molecule has 0 radical (unpaired) electrons. The van der Waals surface area contributed by atoms with E-state index >= 15 is 0 Å². The maximum atomic E-state index is 12.0. The molecule has 2 N–H and O–H groups in total. The Morgan fingerprint density at radius 1 is 1.32 bits per heavy atom. The molecule has 1 fully saturated rings. The van der Waals surface area contributed by atoms with Gasteiger partial charge in [0.15, 0.2) is 0 Å². The minimum absolute atomic E-state index is 0.188. The maximum Gasteiger partial charge on any atom is 0.252 e. The van der Waals surface area contributed by atoms with E-state index in [4.69, 9.17) is 0 Å². The normalized spacial score (nSPS) is 18.6. The lowest BCUT2D eigenvalue weighted by Gasteiger charge is -2.26. The minimum atomic E-state index is -0.744. The van der Waals surface area contributed by atoms with E-state index in [1.807, 2.05) is 0 Å². The molecule has 0 atom stereocenters. The monoisotopic (exact) mass is 326 g/mol. The summed E-state index contributed by atoms with van der Waals surface area (Å²) in [5.74, 6) is -0.188. The van der Waals surface area contributed by atoms with Gasteiger partial charge in [0.05, 0.1) is 11.2 Å². The van der Waals surface area contributed by atoms with Crippen LogP contribution in [0.2, 0.25) is 0 Å². The molecule has 1 saturated carbocycles. The second-order valence-corrected chi connectivity index (χ2v) is 6.13. The Kier molecular flexibility index (Phi) is 4.93. The highest BCUT2D eigenvalue weighted by Gasteiger charge is 2.28. The number of aromatic nitrogens is 1. The average Bonchev–Trinajstić information content (AvgIpc) is 2.61. The third-order valence-corrected chi connectivity index (χ3v) is 4.01. The predicted octanol–water partition coefficient (Wildman–Crippen LogP) is 2.66. The SMILES string of the molecule is O=C(NCC1(O)CCCCCC1)c1cncc(Br)c1. The van der Waals surface area contributed by atoms with Crippen LogP contribution in [0.5, 0.6) is 0 Å². The van der Waals surface area contributed by atoms with Crippen LogP contribution < -0.4 is 5.32 Å². The Hall–Kier alpha value is -0.940. The third-order valence-electron chi connectivity index (χ3n) is 3.58. The number of pyridine rings is 1. The molecule has 0 aromatic carbocycles. The summed E-state index contributed by atoms with van der Waals surface area (Å²) in [6, 6.07) is 1.72. The van der Waals surface area contributed by atoms with E-state index in [0.29, 0.717) is 12.1 Å². The first-order valence-electron chi connectivity index (χ1n) is 6.70. The zero-order valence-electron chi connectivity index (χ0n) is 10.9. The Labute approximate surface area is 121 Å². The summed E-state index contributed by atoms with van der Waals surface area (Å²) >= 11 is 3.29. The molecular weight excluding hydrogens is 308 g/mol. The summed E-state index contributed by atoms with van der Waals surface area (Å²) in [6.07, 6.45) is 9.11. The highest BCUT2D eigenvalue weighted by atomic mass is 79.9. The van der Waals surface area contributed by atoms with Gasteiger partial charge in [0.2, 0.25) is 0 Å². The van der Waals surface area contributed by atoms with Crippen LogP contribution in [0.15, 0.2) is 22.9 Å². The molecular formula is C14H19BrN2O2. The zero-order chi connectivity index (χ0) is 13.7. The van der Waals surface area contributed by atoms with Gasteiger partial charge in [-0.25, -0.2) is 0 Å². The number of rotatable bonds is 3. The lowest BCUT2D eigenvalue weighted by molar-refractivity contribution is 0.0246. The topological polar surface area (TPSA) is 62.2 Å². The van der Waals surface area contributed by atoms with Crippen molar-refractivity contribution in [2.45, 2.75) is 44.1 Å². The minimum Gasteiger partial charge on any atom is -0.388 e. The molecule has 1 amide bonds. The van der Waals surface area contributed by atoms with Gasteiger partial charge in [-0.05, 0) is 34.8 Å². The van der Waals surface area contributed by atoms with E-state index in [2.05, 4.69) is 26.2 Å². The van der Waals surface area contributed by atoms with Gasteiger partial charge in [0.25, 0.3) is 5.91 Å². The number of hydrogen-bond acceptors (Lipinski definition) is 3. The van der Waals surface area contributed by atoms with Gasteiger partial charge in [-0.3, -0.25) is 9.78 Å². The molecule has 5 heteroatoms. The van der Waals surface area contributed by atoms with E-state index in [1.54, 1.807) is 12.3 Å². The van der Waals surface area contributed by atoms with Crippen molar-refractivity contribution in [1.82, 2.24) is 10.3 Å². The van der Waals surface area contributed by atoms with Crippen LogP contribution in [0.25, 0.3) is 0 Å². The van der Waals surface area contributed by atoms with Crippen LogP contribution in [0.3, 0.4) is 0 Å². The molecule has 1 aliphatic rings. The van der Waals surface area contributed by atoms with Crippen LogP contribution in [0.4, 0.5) is 0 Å². The smallest absolute Gasteiger partial charge is 0.252 e. The van der Waals surface area contributed by atoms with Crippen molar-refractivity contribution in [3.05, 3.63) is 28.5 Å². The van der Waals surface area contributed by atoms with Crippen LogP contribution in [-0.2, 0) is 0 Å². The van der Waals surface area contributed by atoms with Crippen LogP contribution in [-0.4, -0.2) is 28.1 Å². The molecule has 104 valence electrons. The van der Waals surface area contributed by atoms with Crippen LogP contribution >= 0.6 is 15.9 Å². The molecule has 0 spiro atoms. The third kappa shape index (κ3) is 4.28.